The van der Waals surface area contributed by atoms with Gasteiger partial charge in [-0.1, -0.05) is 37.1 Å². The second-order valence-electron chi connectivity index (χ2n) is 7.77. The van der Waals surface area contributed by atoms with Crippen LogP contribution in [0.4, 0.5) is 5.69 Å². The Balaban J connectivity index is 1.58. The molecule has 2 aromatic carbocycles. The molecule has 0 saturated carbocycles. The zero-order valence-corrected chi connectivity index (χ0v) is 17.4. The smallest absolute Gasteiger partial charge is 0.243 e. The minimum Gasteiger partial charge on any atom is -0.497 e. The number of rotatable bonds is 4. The van der Waals surface area contributed by atoms with Crippen molar-refractivity contribution in [3.63, 3.8) is 0 Å². The van der Waals surface area contributed by atoms with Gasteiger partial charge in [-0.15, -0.1) is 0 Å². The number of carbonyl (C=O) groups excluding carboxylic acids is 2. The van der Waals surface area contributed by atoms with E-state index in [-0.39, 0.29) is 30.8 Å². The van der Waals surface area contributed by atoms with E-state index in [0.717, 1.165) is 37.0 Å². The summed E-state index contributed by atoms with van der Waals surface area (Å²) in [6, 6.07) is 15.4. The van der Waals surface area contributed by atoms with Crippen molar-refractivity contribution in [2.45, 2.75) is 38.1 Å². The van der Waals surface area contributed by atoms with Crippen LogP contribution in [0.2, 0.25) is 0 Å². The molecule has 2 aliphatic heterocycles. The molecule has 0 N–H and O–H groups in total. The van der Waals surface area contributed by atoms with Crippen LogP contribution >= 0.6 is 0 Å². The lowest BCUT2D eigenvalue weighted by Crippen LogP contribution is -2.44. The van der Waals surface area contributed by atoms with Crippen LogP contribution in [0.25, 0.3) is 0 Å². The number of hydrogen-bond donors (Lipinski definition) is 0. The number of methoxy groups -OCH3 is 1. The van der Waals surface area contributed by atoms with Crippen molar-refractivity contribution in [1.82, 2.24) is 4.90 Å². The zero-order valence-electron chi connectivity index (χ0n) is 17.4. The third-order valence-electron chi connectivity index (χ3n) is 5.90. The van der Waals surface area contributed by atoms with Gasteiger partial charge in [0, 0.05) is 6.54 Å². The third kappa shape index (κ3) is 4.27. The Bertz CT molecular complexity index is 896. The van der Waals surface area contributed by atoms with Gasteiger partial charge in [-0.2, -0.15) is 0 Å². The molecular weight excluding hydrogens is 380 g/mol. The maximum absolute atomic E-state index is 13.5. The summed E-state index contributed by atoms with van der Waals surface area (Å²) in [7, 11) is 1.65. The zero-order chi connectivity index (χ0) is 20.9. The molecule has 1 atom stereocenters. The second-order valence-corrected chi connectivity index (χ2v) is 7.77. The molecular formula is C24H28N2O4. The fraction of sp³-hybridized carbons (Fsp3) is 0.417. The Labute approximate surface area is 177 Å². The molecule has 2 aromatic rings. The van der Waals surface area contributed by atoms with Crippen LogP contribution in [0.3, 0.4) is 0 Å². The van der Waals surface area contributed by atoms with Gasteiger partial charge in [0.25, 0.3) is 0 Å². The number of amides is 2. The first kappa shape index (κ1) is 20.3. The maximum atomic E-state index is 13.5. The van der Waals surface area contributed by atoms with Gasteiger partial charge in [0.15, 0.2) is 0 Å². The number of ether oxygens (including phenoxy) is 2. The van der Waals surface area contributed by atoms with Gasteiger partial charge in [-0.25, -0.2) is 0 Å². The molecule has 6 nitrogen and oxygen atoms in total. The average Bonchev–Trinajstić information content (AvgIpc) is 3.11. The Kier molecular flexibility index (Phi) is 6.21. The van der Waals surface area contributed by atoms with Crippen molar-refractivity contribution in [2.75, 3.05) is 31.7 Å². The quantitative estimate of drug-likeness (QED) is 0.769. The van der Waals surface area contributed by atoms with E-state index in [1.54, 1.807) is 12.0 Å². The highest BCUT2D eigenvalue weighted by atomic mass is 16.5. The van der Waals surface area contributed by atoms with Gasteiger partial charge in [0.05, 0.1) is 31.9 Å². The van der Waals surface area contributed by atoms with Gasteiger partial charge >= 0.3 is 0 Å². The number of nitrogens with zero attached hydrogens (tertiary/aromatic N) is 2. The fourth-order valence-electron chi connectivity index (χ4n) is 4.30. The van der Waals surface area contributed by atoms with E-state index in [9.17, 15) is 9.59 Å². The first-order valence-electron chi connectivity index (χ1n) is 10.6. The Hall–Kier alpha value is -3.02. The highest BCUT2D eigenvalue weighted by molar-refractivity contribution is 6.00. The number of fused-ring (bicyclic) bond motifs is 1. The average molecular weight is 408 g/mol. The van der Waals surface area contributed by atoms with Crippen molar-refractivity contribution in [3.05, 3.63) is 54.1 Å². The van der Waals surface area contributed by atoms with Crippen LogP contribution in [0.15, 0.2) is 48.5 Å². The summed E-state index contributed by atoms with van der Waals surface area (Å²) in [4.78, 5) is 29.7. The molecule has 2 aliphatic rings. The number of hydrogen-bond acceptors (Lipinski definition) is 4. The highest BCUT2D eigenvalue weighted by Gasteiger charge is 2.31. The van der Waals surface area contributed by atoms with E-state index >= 15 is 0 Å². The largest absolute Gasteiger partial charge is 0.497 e. The first-order valence-corrected chi connectivity index (χ1v) is 10.6. The van der Waals surface area contributed by atoms with Gasteiger partial charge in [-0.3, -0.25) is 14.5 Å². The number of anilines is 1. The Morgan fingerprint density at radius 3 is 2.70 bits per heavy atom. The Morgan fingerprint density at radius 1 is 1.10 bits per heavy atom. The monoisotopic (exact) mass is 408 g/mol. The van der Waals surface area contributed by atoms with E-state index in [1.807, 2.05) is 53.4 Å². The lowest BCUT2D eigenvalue weighted by molar-refractivity contribution is -0.133. The molecule has 0 bridgehead atoms. The summed E-state index contributed by atoms with van der Waals surface area (Å²) in [5.74, 6) is 1.35. The molecule has 0 spiro atoms. The summed E-state index contributed by atoms with van der Waals surface area (Å²) in [6.45, 7) is 1.07. The summed E-state index contributed by atoms with van der Waals surface area (Å²) in [6.07, 6.45) is 4.36. The van der Waals surface area contributed by atoms with Crippen molar-refractivity contribution in [1.29, 1.82) is 0 Å². The third-order valence-corrected chi connectivity index (χ3v) is 5.90. The van der Waals surface area contributed by atoms with Crippen LogP contribution < -0.4 is 14.4 Å². The van der Waals surface area contributed by atoms with Gasteiger partial charge in [0.1, 0.15) is 18.0 Å². The molecule has 0 unspecified atom stereocenters. The molecule has 2 heterocycles. The predicted octanol–water partition coefficient (Wildman–Crippen LogP) is 3.95. The number of benzene rings is 2. The normalized spacial score (nSPS) is 19.4. The fourth-order valence-corrected chi connectivity index (χ4v) is 4.30. The number of likely N-dealkylation sites (tertiary alicyclic amines) is 1. The number of para-hydroxylation sites is 2. The Morgan fingerprint density at radius 2 is 1.90 bits per heavy atom. The van der Waals surface area contributed by atoms with Crippen LogP contribution in [-0.4, -0.2) is 43.5 Å². The van der Waals surface area contributed by atoms with Crippen molar-refractivity contribution < 1.29 is 19.1 Å². The van der Waals surface area contributed by atoms with Crippen molar-refractivity contribution >= 4 is 17.5 Å². The molecule has 2 amide bonds. The minimum absolute atomic E-state index is 0.0134. The van der Waals surface area contributed by atoms with E-state index in [0.29, 0.717) is 24.6 Å². The highest BCUT2D eigenvalue weighted by Crippen LogP contribution is 2.34. The van der Waals surface area contributed by atoms with E-state index in [2.05, 4.69) is 0 Å². The van der Waals surface area contributed by atoms with E-state index < -0.39 is 0 Å². The van der Waals surface area contributed by atoms with Crippen LogP contribution in [-0.2, 0) is 9.59 Å². The molecule has 1 saturated heterocycles. The SMILES string of the molecule is COc1ccc([C@H]2CCCCCN2C(=O)CN2C(=O)CCOc3ccccc32)cc1. The molecule has 6 heteroatoms. The lowest BCUT2D eigenvalue weighted by Gasteiger charge is -2.33. The molecule has 30 heavy (non-hydrogen) atoms. The molecule has 158 valence electrons. The van der Waals surface area contributed by atoms with Crippen LogP contribution in [0, 0.1) is 0 Å². The van der Waals surface area contributed by atoms with Gasteiger partial charge in [-0.05, 0) is 42.7 Å². The number of carbonyl (C=O) groups is 2. The summed E-state index contributed by atoms with van der Waals surface area (Å²) in [5, 5.41) is 0. The summed E-state index contributed by atoms with van der Waals surface area (Å²) >= 11 is 0. The summed E-state index contributed by atoms with van der Waals surface area (Å²) in [5.41, 5.74) is 1.78. The molecule has 4 rings (SSSR count). The summed E-state index contributed by atoms with van der Waals surface area (Å²) < 4.78 is 11.0. The van der Waals surface area contributed by atoms with Crippen LogP contribution in [0.1, 0.15) is 43.7 Å². The van der Waals surface area contributed by atoms with Gasteiger partial charge in [0.2, 0.25) is 11.8 Å². The first-order chi connectivity index (χ1) is 14.7. The molecule has 0 radical (unpaired) electrons. The molecule has 0 aliphatic carbocycles. The lowest BCUT2D eigenvalue weighted by atomic mass is 10.0. The van der Waals surface area contributed by atoms with Crippen molar-refractivity contribution in [3.8, 4) is 11.5 Å². The standard InChI is InChI=1S/C24H28N2O4/c1-29-19-12-10-18(11-13-19)20-7-3-2-6-15-25(20)24(28)17-26-21-8-4-5-9-22(21)30-16-14-23(26)27/h4-5,8-13,20H,2-3,6-7,14-17H2,1H3/t20-/m1/s1. The van der Waals surface area contributed by atoms with Gasteiger partial charge < -0.3 is 14.4 Å². The van der Waals surface area contributed by atoms with E-state index in [1.165, 1.54) is 0 Å². The maximum Gasteiger partial charge on any atom is 0.243 e. The molecule has 1 fully saturated rings. The van der Waals surface area contributed by atoms with Crippen LogP contribution in [0.5, 0.6) is 11.5 Å². The topological polar surface area (TPSA) is 59.1 Å². The minimum atomic E-state index is -0.0795. The van der Waals surface area contributed by atoms with E-state index in [4.69, 9.17) is 9.47 Å². The predicted molar refractivity (Wildman–Crippen MR) is 115 cm³/mol. The molecule has 0 aromatic heterocycles. The van der Waals surface area contributed by atoms with Crippen molar-refractivity contribution in [2.24, 2.45) is 0 Å². The second kappa shape index (κ2) is 9.20.